The maximum atomic E-state index is 13.0. The van der Waals surface area contributed by atoms with Gasteiger partial charge in [-0.15, -0.1) is 0 Å². The van der Waals surface area contributed by atoms with Crippen LogP contribution in [0.3, 0.4) is 0 Å². The Morgan fingerprint density at radius 1 is 0.341 bits per heavy atom. The number of hydrogen-bond donors (Lipinski definition) is 0. The van der Waals surface area contributed by atoms with Crippen LogP contribution >= 0.6 is 0 Å². The van der Waals surface area contributed by atoms with E-state index in [-0.39, 0.29) is 17.3 Å². The van der Waals surface area contributed by atoms with Crippen molar-refractivity contribution in [2.24, 2.45) is 0 Å². The first-order valence-corrected chi connectivity index (χ1v) is 12.9. The van der Waals surface area contributed by atoms with Crippen molar-refractivity contribution in [2.75, 3.05) is 14.2 Å². The van der Waals surface area contributed by atoms with E-state index in [0.717, 1.165) is 0 Å². The molecule has 41 heavy (non-hydrogen) atoms. The third kappa shape index (κ3) is 6.23. The maximum absolute atomic E-state index is 13.0. The normalized spacial score (nSPS) is 10.5. The Morgan fingerprint density at radius 2 is 0.537 bits per heavy atom. The number of rotatable bonds is 10. The lowest BCUT2D eigenvalue weighted by atomic mass is 9.98. The van der Waals surface area contributed by atoms with Crippen LogP contribution in [-0.2, 0) is 0 Å². The lowest BCUT2D eigenvalue weighted by Crippen LogP contribution is -2.04. The molecular formula is C35H26O6. The highest BCUT2D eigenvalue weighted by Gasteiger charge is 2.14. The van der Waals surface area contributed by atoms with Gasteiger partial charge in [0.25, 0.3) is 0 Å². The average Bonchev–Trinajstić information content (AvgIpc) is 3.04. The monoisotopic (exact) mass is 542 g/mol. The summed E-state index contributed by atoms with van der Waals surface area (Å²) in [6.07, 6.45) is 0. The third-order valence-corrected chi connectivity index (χ3v) is 6.58. The van der Waals surface area contributed by atoms with Crippen LogP contribution in [0.15, 0.2) is 121 Å². The molecule has 0 radical (unpaired) electrons. The van der Waals surface area contributed by atoms with Gasteiger partial charge in [-0.25, -0.2) is 0 Å². The second-order valence-corrected chi connectivity index (χ2v) is 9.17. The molecule has 0 unspecified atom stereocenters. The molecular weight excluding hydrogens is 516 g/mol. The third-order valence-electron chi connectivity index (χ3n) is 6.58. The fourth-order valence-corrected chi connectivity index (χ4v) is 4.24. The molecule has 5 aromatic rings. The van der Waals surface area contributed by atoms with Crippen LogP contribution in [0.25, 0.3) is 0 Å². The molecule has 0 fully saturated rings. The van der Waals surface area contributed by atoms with E-state index in [9.17, 15) is 14.4 Å². The number of carbonyl (C=O) groups is 3. The molecule has 0 bridgehead atoms. The van der Waals surface area contributed by atoms with Gasteiger partial charge in [0, 0.05) is 33.4 Å². The molecule has 202 valence electrons. The zero-order valence-corrected chi connectivity index (χ0v) is 22.5. The minimum absolute atomic E-state index is 0.0970. The molecule has 0 aliphatic carbocycles. The zero-order valence-electron chi connectivity index (χ0n) is 22.5. The first kappa shape index (κ1) is 27.1. The van der Waals surface area contributed by atoms with Gasteiger partial charge in [0.1, 0.15) is 23.0 Å². The summed E-state index contributed by atoms with van der Waals surface area (Å²) >= 11 is 0. The summed E-state index contributed by atoms with van der Waals surface area (Å²) in [5.41, 5.74) is 3.11. The van der Waals surface area contributed by atoms with Crippen molar-refractivity contribution in [1.29, 1.82) is 0 Å². The summed E-state index contributed by atoms with van der Waals surface area (Å²) < 4.78 is 16.2. The lowest BCUT2D eigenvalue weighted by Gasteiger charge is -2.08. The SMILES string of the molecule is COc1ccc(C(=O)c2ccc(Oc3ccc(C(=O)c4ccc(C(=O)c5ccc(OC)cc5)cc4)cc3)cc2)cc1. The average molecular weight is 543 g/mol. The molecule has 0 heterocycles. The smallest absolute Gasteiger partial charge is 0.193 e. The van der Waals surface area contributed by atoms with Gasteiger partial charge in [-0.1, -0.05) is 24.3 Å². The molecule has 0 saturated heterocycles. The van der Waals surface area contributed by atoms with E-state index in [2.05, 4.69) is 0 Å². The molecule has 0 atom stereocenters. The van der Waals surface area contributed by atoms with E-state index in [0.29, 0.717) is 56.4 Å². The van der Waals surface area contributed by atoms with Crippen molar-refractivity contribution in [1.82, 2.24) is 0 Å². The lowest BCUT2D eigenvalue weighted by molar-refractivity contribution is 0.102. The molecule has 6 heteroatoms. The summed E-state index contributed by atoms with van der Waals surface area (Å²) in [5, 5.41) is 0. The fraction of sp³-hybridized carbons (Fsp3) is 0.0571. The van der Waals surface area contributed by atoms with E-state index >= 15 is 0 Å². The Hall–Kier alpha value is -5.49. The van der Waals surface area contributed by atoms with Gasteiger partial charge in [0.15, 0.2) is 17.3 Å². The number of hydrogen-bond acceptors (Lipinski definition) is 6. The van der Waals surface area contributed by atoms with E-state index in [1.807, 2.05) is 0 Å². The summed E-state index contributed by atoms with van der Waals surface area (Å²) in [5.74, 6) is 2.08. The molecule has 5 rings (SSSR count). The number of methoxy groups -OCH3 is 2. The van der Waals surface area contributed by atoms with Crippen molar-refractivity contribution >= 4 is 17.3 Å². The van der Waals surface area contributed by atoms with Crippen LogP contribution in [0.1, 0.15) is 47.8 Å². The van der Waals surface area contributed by atoms with Gasteiger partial charge in [-0.05, 0) is 97.1 Å². The van der Waals surface area contributed by atoms with Crippen molar-refractivity contribution in [3.05, 3.63) is 155 Å². The van der Waals surface area contributed by atoms with Gasteiger partial charge in [-0.2, -0.15) is 0 Å². The summed E-state index contributed by atoms with van der Waals surface area (Å²) in [6.45, 7) is 0. The van der Waals surface area contributed by atoms with Crippen LogP contribution in [-0.4, -0.2) is 31.6 Å². The molecule has 0 aromatic heterocycles. The van der Waals surface area contributed by atoms with Crippen molar-refractivity contribution < 1.29 is 28.6 Å². The minimum Gasteiger partial charge on any atom is -0.497 e. The summed E-state index contributed by atoms with van der Waals surface area (Å²) in [6, 6.07) is 34.1. The molecule has 5 aromatic carbocycles. The van der Waals surface area contributed by atoms with E-state index in [4.69, 9.17) is 14.2 Å². The first-order valence-electron chi connectivity index (χ1n) is 12.9. The number of carbonyl (C=O) groups excluding carboxylic acids is 3. The second-order valence-electron chi connectivity index (χ2n) is 9.17. The van der Waals surface area contributed by atoms with E-state index in [1.54, 1.807) is 136 Å². The highest BCUT2D eigenvalue weighted by atomic mass is 16.5. The zero-order chi connectivity index (χ0) is 28.8. The summed E-state index contributed by atoms with van der Waals surface area (Å²) in [4.78, 5) is 38.5. The highest BCUT2D eigenvalue weighted by Crippen LogP contribution is 2.24. The quantitative estimate of drug-likeness (QED) is 0.174. The molecule has 0 saturated carbocycles. The van der Waals surface area contributed by atoms with Crippen LogP contribution in [0, 0.1) is 0 Å². The Morgan fingerprint density at radius 3 is 0.756 bits per heavy atom. The van der Waals surface area contributed by atoms with Gasteiger partial charge in [0.05, 0.1) is 14.2 Å². The molecule has 0 aliphatic rings. The molecule has 0 amide bonds. The minimum atomic E-state index is -0.165. The highest BCUT2D eigenvalue weighted by molar-refractivity contribution is 6.12. The molecule has 0 spiro atoms. The van der Waals surface area contributed by atoms with E-state index in [1.165, 1.54) is 0 Å². The van der Waals surface area contributed by atoms with Gasteiger partial charge in [0.2, 0.25) is 0 Å². The predicted molar refractivity (Wildman–Crippen MR) is 156 cm³/mol. The van der Waals surface area contributed by atoms with E-state index < -0.39 is 0 Å². The Kier molecular flexibility index (Phi) is 8.02. The Labute approximate surface area is 237 Å². The van der Waals surface area contributed by atoms with Gasteiger partial charge in [-0.3, -0.25) is 14.4 Å². The van der Waals surface area contributed by atoms with Crippen LogP contribution in [0.5, 0.6) is 23.0 Å². The fourth-order valence-electron chi connectivity index (χ4n) is 4.24. The van der Waals surface area contributed by atoms with Gasteiger partial charge >= 0.3 is 0 Å². The Bertz CT molecular complexity index is 1670. The number of ketones is 3. The van der Waals surface area contributed by atoms with Crippen molar-refractivity contribution in [3.63, 3.8) is 0 Å². The summed E-state index contributed by atoms with van der Waals surface area (Å²) in [7, 11) is 3.15. The van der Waals surface area contributed by atoms with Gasteiger partial charge < -0.3 is 14.2 Å². The standard InChI is InChI=1S/C35H26O6/c1-39-29-15-7-25(8-16-29)33(36)23-3-5-24(6-4-23)34(37)27-11-19-31(20-12-27)41-32-21-13-28(14-22-32)35(38)26-9-17-30(40-2)18-10-26/h3-22H,1-2H3. The Balaban J connectivity index is 1.21. The van der Waals surface area contributed by atoms with Crippen LogP contribution < -0.4 is 14.2 Å². The number of ether oxygens (including phenoxy) is 3. The van der Waals surface area contributed by atoms with Crippen LogP contribution in [0.2, 0.25) is 0 Å². The van der Waals surface area contributed by atoms with Crippen molar-refractivity contribution in [3.8, 4) is 23.0 Å². The first-order chi connectivity index (χ1) is 19.9. The molecule has 0 aliphatic heterocycles. The van der Waals surface area contributed by atoms with Crippen LogP contribution in [0.4, 0.5) is 0 Å². The molecule has 6 nitrogen and oxygen atoms in total. The maximum Gasteiger partial charge on any atom is 0.193 e. The largest absolute Gasteiger partial charge is 0.497 e. The predicted octanol–water partition coefficient (Wildman–Crippen LogP) is 7.19. The molecule has 0 N–H and O–H groups in total. The topological polar surface area (TPSA) is 78.9 Å². The number of benzene rings is 5. The van der Waals surface area contributed by atoms with Crippen molar-refractivity contribution in [2.45, 2.75) is 0 Å². The second kappa shape index (κ2) is 12.1.